The molecule has 2 rings (SSSR count). The first-order chi connectivity index (χ1) is 11.0. The molecule has 128 valence electrons. The number of benzene rings is 1. The summed E-state index contributed by atoms with van der Waals surface area (Å²) in [5, 5.41) is 3.46. The SMILES string of the molecule is CCOc1ccc(NC(=O)[C@]2(OCC)CCC[C@H](C)C2)cc1Cl. The van der Waals surface area contributed by atoms with Gasteiger partial charge in [0.2, 0.25) is 0 Å². The van der Waals surface area contributed by atoms with E-state index in [0.717, 1.165) is 25.7 Å². The number of nitrogens with one attached hydrogen (secondary N) is 1. The summed E-state index contributed by atoms with van der Waals surface area (Å²) in [6.45, 7) is 7.10. The number of ether oxygens (including phenoxy) is 2. The number of hydrogen-bond donors (Lipinski definition) is 1. The predicted molar refractivity (Wildman–Crippen MR) is 93.2 cm³/mol. The Kier molecular flexibility index (Phi) is 6.31. The number of amides is 1. The molecule has 1 aromatic carbocycles. The van der Waals surface area contributed by atoms with Crippen LogP contribution in [-0.2, 0) is 9.53 Å². The van der Waals surface area contributed by atoms with Crippen LogP contribution in [0.1, 0.15) is 46.5 Å². The smallest absolute Gasteiger partial charge is 0.256 e. The summed E-state index contributed by atoms with van der Waals surface area (Å²) in [7, 11) is 0. The number of anilines is 1. The van der Waals surface area contributed by atoms with E-state index in [9.17, 15) is 4.79 Å². The third-order valence-electron chi connectivity index (χ3n) is 4.28. The minimum absolute atomic E-state index is 0.0777. The average Bonchev–Trinajstić information content (AvgIpc) is 2.50. The van der Waals surface area contributed by atoms with Crippen LogP contribution in [0.2, 0.25) is 5.02 Å². The first-order valence-electron chi connectivity index (χ1n) is 8.38. The molecule has 2 atom stereocenters. The summed E-state index contributed by atoms with van der Waals surface area (Å²) in [6.07, 6.45) is 3.69. The molecular weight excluding hydrogens is 314 g/mol. The van der Waals surface area contributed by atoms with Gasteiger partial charge in [0.1, 0.15) is 11.4 Å². The van der Waals surface area contributed by atoms with Crippen molar-refractivity contribution in [1.82, 2.24) is 0 Å². The van der Waals surface area contributed by atoms with Crippen molar-refractivity contribution in [1.29, 1.82) is 0 Å². The molecule has 0 aromatic heterocycles. The van der Waals surface area contributed by atoms with Gasteiger partial charge in [0, 0.05) is 12.3 Å². The van der Waals surface area contributed by atoms with Gasteiger partial charge in [0.25, 0.3) is 5.91 Å². The van der Waals surface area contributed by atoms with Crippen molar-refractivity contribution in [2.45, 2.75) is 52.1 Å². The minimum atomic E-state index is -0.725. The lowest BCUT2D eigenvalue weighted by molar-refractivity contribution is -0.147. The van der Waals surface area contributed by atoms with Gasteiger partial charge >= 0.3 is 0 Å². The Morgan fingerprint density at radius 1 is 1.39 bits per heavy atom. The molecule has 1 fully saturated rings. The molecule has 1 N–H and O–H groups in total. The lowest BCUT2D eigenvalue weighted by atomic mass is 9.78. The first kappa shape index (κ1) is 18.1. The molecule has 0 spiro atoms. The number of hydrogen-bond acceptors (Lipinski definition) is 3. The van der Waals surface area contributed by atoms with Gasteiger partial charge in [-0.2, -0.15) is 0 Å². The molecule has 1 aliphatic rings. The van der Waals surface area contributed by atoms with Crippen molar-refractivity contribution in [3.8, 4) is 5.75 Å². The van der Waals surface area contributed by atoms with Crippen LogP contribution in [0.5, 0.6) is 5.75 Å². The Bertz CT molecular complexity index is 545. The molecule has 0 unspecified atom stereocenters. The van der Waals surface area contributed by atoms with Crippen LogP contribution in [0.4, 0.5) is 5.69 Å². The van der Waals surface area contributed by atoms with E-state index in [2.05, 4.69) is 12.2 Å². The maximum absolute atomic E-state index is 12.8. The number of carbonyl (C=O) groups is 1. The first-order valence-corrected chi connectivity index (χ1v) is 8.76. The van der Waals surface area contributed by atoms with Crippen molar-refractivity contribution in [2.75, 3.05) is 18.5 Å². The quantitative estimate of drug-likeness (QED) is 0.819. The lowest BCUT2D eigenvalue weighted by Crippen LogP contribution is -2.48. The highest BCUT2D eigenvalue weighted by atomic mass is 35.5. The highest BCUT2D eigenvalue weighted by Gasteiger charge is 2.42. The molecule has 1 saturated carbocycles. The lowest BCUT2D eigenvalue weighted by Gasteiger charge is -2.38. The highest BCUT2D eigenvalue weighted by molar-refractivity contribution is 6.32. The van der Waals surface area contributed by atoms with E-state index in [1.165, 1.54) is 0 Å². The average molecular weight is 340 g/mol. The van der Waals surface area contributed by atoms with E-state index in [-0.39, 0.29) is 5.91 Å². The number of halogens is 1. The van der Waals surface area contributed by atoms with E-state index >= 15 is 0 Å². The molecular formula is C18H26ClNO3. The summed E-state index contributed by atoms with van der Waals surface area (Å²) >= 11 is 6.19. The van der Waals surface area contributed by atoms with Crippen molar-refractivity contribution >= 4 is 23.2 Å². The maximum Gasteiger partial charge on any atom is 0.256 e. The predicted octanol–water partition coefficient (Wildman–Crippen LogP) is 4.66. The van der Waals surface area contributed by atoms with Gasteiger partial charge in [0.15, 0.2) is 0 Å². The van der Waals surface area contributed by atoms with E-state index in [4.69, 9.17) is 21.1 Å². The molecule has 0 bridgehead atoms. The normalized spacial score (nSPS) is 24.3. The molecule has 1 aliphatic carbocycles. The Labute approximate surface area is 143 Å². The highest BCUT2D eigenvalue weighted by Crippen LogP contribution is 2.36. The van der Waals surface area contributed by atoms with Gasteiger partial charge in [-0.3, -0.25) is 4.79 Å². The third-order valence-corrected chi connectivity index (χ3v) is 4.58. The molecule has 23 heavy (non-hydrogen) atoms. The largest absolute Gasteiger partial charge is 0.492 e. The molecule has 5 heteroatoms. The summed E-state index contributed by atoms with van der Waals surface area (Å²) < 4.78 is 11.3. The van der Waals surface area contributed by atoms with Gasteiger partial charge in [-0.05, 0) is 57.2 Å². The van der Waals surface area contributed by atoms with Gasteiger partial charge < -0.3 is 14.8 Å². The van der Waals surface area contributed by atoms with E-state index in [1.54, 1.807) is 18.2 Å². The zero-order valence-electron chi connectivity index (χ0n) is 14.2. The van der Waals surface area contributed by atoms with E-state index in [1.807, 2.05) is 13.8 Å². The van der Waals surface area contributed by atoms with Crippen LogP contribution >= 0.6 is 11.6 Å². The van der Waals surface area contributed by atoms with Crippen LogP contribution in [0.25, 0.3) is 0 Å². The Hall–Kier alpha value is -1.26. The van der Waals surface area contributed by atoms with E-state index < -0.39 is 5.60 Å². The summed E-state index contributed by atoms with van der Waals surface area (Å²) in [5.74, 6) is 1.04. The van der Waals surface area contributed by atoms with Crippen LogP contribution in [0, 0.1) is 5.92 Å². The Balaban J connectivity index is 2.13. The minimum Gasteiger partial charge on any atom is -0.492 e. The fourth-order valence-corrected chi connectivity index (χ4v) is 3.51. The zero-order chi connectivity index (χ0) is 16.9. The van der Waals surface area contributed by atoms with Gasteiger partial charge in [-0.15, -0.1) is 0 Å². The Morgan fingerprint density at radius 3 is 2.78 bits per heavy atom. The standard InChI is InChI=1S/C18H26ClNO3/c1-4-22-16-9-8-14(11-15(16)19)20-17(21)18(23-5-2)10-6-7-13(3)12-18/h8-9,11,13H,4-7,10,12H2,1-3H3,(H,20,21)/t13-,18-/m0/s1. The molecule has 1 amide bonds. The van der Waals surface area contributed by atoms with Crippen molar-refractivity contribution in [2.24, 2.45) is 5.92 Å². The summed E-state index contributed by atoms with van der Waals surface area (Å²) in [4.78, 5) is 12.8. The number of carbonyl (C=O) groups excluding carboxylic acids is 1. The van der Waals surface area contributed by atoms with Crippen LogP contribution in [0.3, 0.4) is 0 Å². The van der Waals surface area contributed by atoms with Crippen molar-refractivity contribution in [3.63, 3.8) is 0 Å². The second-order valence-electron chi connectivity index (χ2n) is 6.16. The molecule has 0 radical (unpaired) electrons. The molecule has 0 saturated heterocycles. The Morgan fingerprint density at radius 2 is 2.17 bits per heavy atom. The van der Waals surface area contributed by atoms with Crippen molar-refractivity contribution < 1.29 is 14.3 Å². The zero-order valence-corrected chi connectivity index (χ0v) is 14.9. The van der Waals surface area contributed by atoms with Gasteiger partial charge in [-0.1, -0.05) is 24.9 Å². The summed E-state index contributed by atoms with van der Waals surface area (Å²) in [5.41, 5.74) is -0.0574. The monoisotopic (exact) mass is 339 g/mol. The molecule has 1 aromatic rings. The third kappa shape index (κ3) is 4.39. The van der Waals surface area contributed by atoms with Gasteiger partial charge in [0.05, 0.1) is 11.6 Å². The topological polar surface area (TPSA) is 47.6 Å². The van der Waals surface area contributed by atoms with Crippen LogP contribution in [0.15, 0.2) is 18.2 Å². The molecule has 0 heterocycles. The van der Waals surface area contributed by atoms with Crippen LogP contribution < -0.4 is 10.1 Å². The molecule has 0 aliphatic heterocycles. The fourth-order valence-electron chi connectivity index (χ4n) is 3.28. The summed E-state index contributed by atoms with van der Waals surface area (Å²) in [6, 6.07) is 5.30. The second kappa shape index (κ2) is 8.02. The second-order valence-corrected chi connectivity index (χ2v) is 6.57. The molecule has 4 nitrogen and oxygen atoms in total. The van der Waals surface area contributed by atoms with Crippen LogP contribution in [-0.4, -0.2) is 24.7 Å². The van der Waals surface area contributed by atoms with Gasteiger partial charge in [-0.25, -0.2) is 0 Å². The number of rotatable bonds is 6. The van der Waals surface area contributed by atoms with Crippen molar-refractivity contribution in [3.05, 3.63) is 23.2 Å². The maximum atomic E-state index is 12.8. The van der Waals surface area contributed by atoms with E-state index in [0.29, 0.717) is 35.6 Å². The fraction of sp³-hybridized carbons (Fsp3) is 0.611.